The number of morpholine rings is 1. The topological polar surface area (TPSA) is 50.5 Å². The summed E-state index contributed by atoms with van der Waals surface area (Å²) >= 11 is 0. The van der Waals surface area contributed by atoms with Crippen molar-refractivity contribution in [1.82, 2.24) is 14.5 Å². The van der Waals surface area contributed by atoms with Gasteiger partial charge in [0.15, 0.2) is 0 Å². The van der Waals surface area contributed by atoms with E-state index < -0.39 is 0 Å². The zero-order valence-electron chi connectivity index (χ0n) is 10.4. The molecule has 1 aromatic heterocycles. The van der Waals surface area contributed by atoms with Crippen molar-refractivity contribution in [3.63, 3.8) is 0 Å². The minimum atomic E-state index is -0.0358. The molecule has 0 spiro atoms. The lowest BCUT2D eigenvalue weighted by atomic mass is 10.2. The number of hydrogen-bond acceptors (Lipinski definition) is 4. The van der Waals surface area contributed by atoms with Gasteiger partial charge in [-0.3, -0.25) is 4.90 Å². The summed E-state index contributed by atoms with van der Waals surface area (Å²) in [6.07, 6.45) is 4.90. The summed E-state index contributed by atoms with van der Waals surface area (Å²) in [4.78, 5) is 6.51. The van der Waals surface area contributed by atoms with E-state index in [9.17, 15) is 0 Å². The van der Waals surface area contributed by atoms with E-state index in [4.69, 9.17) is 9.84 Å². The van der Waals surface area contributed by atoms with E-state index in [2.05, 4.69) is 21.4 Å². The van der Waals surface area contributed by atoms with E-state index in [1.54, 1.807) is 0 Å². The maximum atomic E-state index is 9.10. The monoisotopic (exact) mass is 239 g/mol. The van der Waals surface area contributed by atoms with Crippen LogP contribution in [0, 0.1) is 0 Å². The second-order valence-electron chi connectivity index (χ2n) is 4.49. The van der Waals surface area contributed by atoms with Crippen molar-refractivity contribution in [2.24, 2.45) is 0 Å². The lowest BCUT2D eigenvalue weighted by Gasteiger charge is -2.31. The highest BCUT2D eigenvalue weighted by Crippen LogP contribution is 2.10. The molecule has 0 bridgehead atoms. The van der Waals surface area contributed by atoms with Gasteiger partial charge in [0.2, 0.25) is 0 Å². The smallest absolute Gasteiger partial charge is 0.0948 e. The number of hydrogen-bond donors (Lipinski definition) is 1. The Kier molecular flexibility index (Phi) is 4.53. The quantitative estimate of drug-likeness (QED) is 0.812. The number of aryl methyl sites for hydroxylation is 1. The molecule has 0 aromatic carbocycles. The summed E-state index contributed by atoms with van der Waals surface area (Å²) < 4.78 is 7.64. The molecule has 1 atom stereocenters. The fourth-order valence-corrected chi connectivity index (χ4v) is 2.19. The Morgan fingerprint density at radius 2 is 2.47 bits per heavy atom. The van der Waals surface area contributed by atoms with Crippen LogP contribution in [0.5, 0.6) is 0 Å². The predicted molar refractivity (Wildman–Crippen MR) is 64.6 cm³/mol. The SMILES string of the molecule is CCCn1cncc1CN1CCOC(CO)C1. The zero-order valence-corrected chi connectivity index (χ0v) is 10.4. The van der Waals surface area contributed by atoms with E-state index in [0.29, 0.717) is 6.61 Å². The molecule has 1 aliphatic heterocycles. The van der Waals surface area contributed by atoms with E-state index in [0.717, 1.165) is 32.6 Å². The summed E-state index contributed by atoms with van der Waals surface area (Å²) in [7, 11) is 0. The third-order valence-electron chi connectivity index (χ3n) is 3.08. The minimum Gasteiger partial charge on any atom is -0.394 e. The predicted octanol–water partition coefficient (Wildman–Crippen LogP) is 0.486. The minimum absolute atomic E-state index is 0.0358. The van der Waals surface area contributed by atoms with Crippen molar-refractivity contribution in [3.05, 3.63) is 18.2 Å². The Morgan fingerprint density at radius 3 is 3.24 bits per heavy atom. The van der Waals surface area contributed by atoms with E-state index >= 15 is 0 Å². The van der Waals surface area contributed by atoms with Gasteiger partial charge in [0.05, 0.1) is 31.3 Å². The average Bonchev–Trinajstić information content (AvgIpc) is 2.78. The maximum Gasteiger partial charge on any atom is 0.0948 e. The third kappa shape index (κ3) is 3.28. The molecular formula is C12H21N3O2. The summed E-state index contributed by atoms with van der Waals surface area (Å²) in [5.74, 6) is 0. The first kappa shape index (κ1) is 12.5. The molecule has 2 heterocycles. The van der Waals surface area contributed by atoms with Crippen molar-refractivity contribution < 1.29 is 9.84 Å². The van der Waals surface area contributed by atoms with E-state index in [1.165, 1.54) is 5.69 Å². The van der Waals surface area contributed by atoms with E-state index in [-0.39, 0.29) is 12.7 Å². The fraction of sp³-hybridized carbons (Fsp3) is 0.750. The molecule has 2 rings (SSSR count). The molecule has 96 valence electrons. The molecule has 0 saturated carbocycles. The van der Waals surface area contributed by atoms with Crippen molar-refractivity contribution in [2.75, 3.05) is 26.3 Å². The highest BCUT2D eigenvalue weighted by Gasteiger charge is 2.20. The molecule has 5 nitrogen and oxygen atoms in total. The van der Waals surface area contributed by atoms with Crippen LogP contribution in [0.15, 0.2) is 12.5 Å². The summed E-state index contributed by atoms with van der Waals surface area (Å²) in [5.41, 5.74) is 1.24. The first-order chi connectivity index (χ1) is 8.33. The summed E-state index contributed by atoms with van der Waals surface area (Å²) in [5, 5.41) is 9.10. The highest BCUT2D eigenvalue weighted by molar-refractivity contribution is 4.98. The van der Waals surface area contributed by atoms with E-state index in [1.807, 2.05) is 12.5 Å². The van der Waals surface area contributed by atoms with Gasteiger partial charge < -0.3 is 14.4 Å². The van der Waals surface area contributed by atoms with Crippen molar-refractivity contribution in [1.29, 1.82) is 0 Å². The van der Waals surface area contributed by atoms with Crippen LogP contribution in [-0.4, -0.2) is 52.0 Å². The van der Waals surface area contributed by atoms with Gasteiger partial charge in [0.1, 0.15) is 0 Å². The number of rotatable bonds is 5. The molecule has 0 aliphatic carbocycles. The van der Waals surface area contributed by atoms with Gasteiger partial charge >= 0.3 is 0 Å². The van der Waals surface area contributed by atoms with Crippen LogP contribution >= 0.6 is 0 Å². The Balaban J connectivity index is 1.93. The number of ether oxygens (including phenoxy) is 1. The first-order valence-electron chi connectivity index (χ1n) is 6.27. The molecule has 1 N–H and O–H groups in total. The van der Waals surface area contributed by atoms with Gasteiger partial charge in [0.25, 0.3) is 0 Å². The van der Waals surface area contributed by atoms with Crippen LogP contribution in [0.1, 0.15) is 19.0 Å². The maximum absolute atomic E-state index is 9.10. The van der Waals surface area contributed by atoms with Crippen LogP contribution in [0.2, 0.25) is 0 Å². The molecule has 17 heavy (non-hydrogen) atoms. The van der Waals surface area contributed by atoms with Gasteiger partial charge in [-0.2, -0.15) is 0 Å². The van der Waals surface area contributed by atoms with Crippen LogP contribution in [0.25, 0.3) is 0 Å². The third-order valence-corrected chi connectivity index (χ3v) is 3.08. The number of nitrogens with zero attached hydrogens (tertiary/aromatic N) is 3. The Morgan fingerprint density at radius 1 is 1.59 bits per heavy atom. The Bertz CT molecular complexity index is 340. The molecule has 1 aliphatic rings. The van der Waals surface area contributed by atoms with Crippen LogP contribution < -0.4 is 0 Å². The van der Waals surface area contributed by atoms with Crippen LogP contribution in [0.3, 0.4) is 0 Å². The van der Waals surface area contributed by atoms with Gasteiger partial charge in [-0.25, -0.2) is 4.98 Å². The number of imidazole rings is 1. The Labute approximate surface area is 102 Å². The zero-order chi connectivity index (χ0) is 12.1. The average molecular weight is 239 g/mol. The van der Waals surface area contributed by atoms with Crippen LogP contribution in [-0.2, 0) is 17.8 Å². The Hall–Kier alpha value is -0.910. The van der Waals surface area contributed by atoms with Gasteiger partial charge in [0, 0.05) is 32.4 Å². The number of aromatic nitrogens is 2. The molecular weight excluding hydrogens is 218 g/mol. The molecule has 5 heteroatoms. The highest BCUT2D eigenvalue weighted by atomic mass is 16.5. The molecule has 0 radical (unpaired) electrons. The molecule has 1 fully saturated rings. The standard InChI is InChI=1S/C12H21N3O2/c1-2-3-15-10-13-6-11(15)7-14-4-5-17-12(8-14)9-16/h6,10,12,16H,2-5,7-9H2,1H3. The van der Waals surface area contributed by atoms with Crippen molar-refractivity contribution in [3.8, 4) is 0 Å². The van der Waals surface area contributed by atoms with Gasteiger partial charge in [-0.15, -0.1) is 0 Å². The number of aliphatic hydroxyl groups excluding tert-OH is 1. The summed E-state index contributed by atoms with van der Waals surface area (Å²) in [6, 6.07) is 0. The van der Waals surface area contributed by atoms with Crippen molar-refractivity contribution >= 4 is 0 Å². The normalized spacial score (nSPS) is 21.9. The van der Waals surface area contributed by atoms with Gasteiger partial charge in [-0.05, 0) is 6.42 Å². The van der Waals surface area contributed by atoms with Crippen LogP contribution in [0.4, 0.5) is 0 Å². The first-order valence-corrected chi connectivity index (χ1v) is 6.27. The lowest BCUT2D eigenvalue weighted by Crippen LogP contribution is -2.43. The molecule has 0 amide bonds. The van der Waals surface area contributed by atoms with Crippen molar-refractivity contribution in [2.45, 2.75) is 32.5 Å². The number of aliphatic hydroxyl groups is 1. The second-order valence-corrected chi connectivity index (χ2v) is 4.49. The second kappa shape index (κ2) is 6.14. The molecule has 1 saturated heterocycles. The largest absolute Gasteiger partial charge is 0.394 e. The molecule has 1 aromatic rings. The fourth-order valence-electron chi connectivity index (χ4n) is 2.19. The lowest BCUT2D eigenvalue weighted by molar-refractivity contribution is -0.0556. The summed E-state index contributed by atoms with van der Waals surface area (Å²) in [6.45, 7) is 6.60. The van der Waals surface area contributed by atoms with Gasteiger partial charge in [-0.1, -0.05) is 6.92 Å². The molecule has 1 unspecified atom stereocenters.